The lowest BCUT2D eigenvalue weighted by Crippen LogP contribution is -2.50. The van der Waals surface area contributed by atoms with Crippen LogP contribution in [0.15, 0.2) is 24.3 Å². The summed E-state index contributed by atoms with van der Waals surface area (Å²) in [7, 11) is 0. The lowest BCUT2D eigenvalue weighted by Gasteiger charge is -2.34. The molecule has 148 valence electrons. The molecule has 1 aliphatic heterocycles. The van der Waals surface area contributed by atoms with E-state index in [4.69, 9.17) is 0 Å². The van der Waals surface area contributed by atoms with Crippen LogP contribution in [-0.4, -0.2) is 58.0 Å². The third kappa shape index (κ3) is 3.65. The Hall–Kier alpha value is -3.07. The minimum atomic E-state index is -0.0196. The molecule has 1 aromatic carbocycles. The zero-order chi connectivity index (χ0) is 19.8. The van der Waals surface area contributed by atoms with Crippen LogP contribution in [0.3, 0.4) is 0 Å². The van der Waals surface area contributed by atoms with Gasteiger partial charge in [-0.2, -0.15) is 5.10 Å². The molecule has 2 fully saturated rings. The average Bonchev–Trinajstić information content (AvgIpc) is 3.33. The molecule has 29 heavy (non-hydrogen) atoms. The monoisotopic (exact) mass is 388 g/mol. The number of carbonyl (C=O) groups excluding carboxylic acids is 2. The molecule has 5 rings (SSSR count). The molecule has 6 nitrogen and oxygen atoms in total. The van der Waals surface area contributed by atoms with Crippen molar-refractivity contribution < 1.29 is 9.59 Å². The minimum Gasteiger partial charge on any atom is -0.335 e. The minimum absolute atomic E-state index is 0.00725. The Balaban J connectivity index is 1.22. The van der Waals surface area contributed by atoms with Crippen LogP contribution in [0.2, 0.25) is 0 Å². The van der Waals surface area contributed by atoms with Gasteiger partial charge in [-0.15, -0.1) is 0 Å². The van der Waals surface area contributed by atoms with Crippen LogP contribution in [0.4, 0.5) is 0 Å². The van der Waals surface area contributed by atoms with Crippen LogP contribution in [0.25, 0.3) is 0 Å². The molecule has 6 heteroatoms. The zero-order valence-corrected chi connectivity index (χ0v) is 16.4. The summed E-state index contributed by atoms with van der Waals surface area (Å²) < 4.78 is 0. The van der Waals surface area contributed by atoms with Crippen LogP contribution < -0.4 is 0 Å². The Morgan fingerprint density at radius 3 is 2.55 bits per heavy atom. The number of piperazine rings is 1. The second-order valence-corrected chi connectivity index (χ2v) is 8.09. The summed E-state index contributed by atoms with van der Waals surface area (Å²) >= 11 is 0. The van der Waals surface area contributed by atoms with Crippen LogP contribution in [0.5, 0.6) is 0 Å². The fourth-order valence-electron chi connectivity index (χ4n) is 4.08. The molecule has 2 amide bonds. The molecular weight excluding hydrogens is 364 g/mol. The number of hydrogen-bond acceptors (Lipinski definition) is 3. The van der Waals surface area contributed by atoms with Crippen LogP contribution in [0.1, 0.15) is 56.9 Å². The van der Waals surface area contributed by atoms with Crippen molar-refractivity contribution in [2.45, 2.75) is 32.1 Å². The molecule has 0 bridgehead atoms. The number of nitrogens with zero attached hydrogens (tertiary/aromatic N) is 3. The first-order valence-corrected chi connectivity index (χ1v) is 10.5. The molecule has 2 aliphatic carbocycles. The van der Waals surface area contributed by atoms with E-state index < -0.39 is 0 Å². The molecule has 3 aliphatic rings. The molecule has 2 aromatic rings. The predicted octanol–water partition coefficient (Wildman–Crippen LogP) is 2.26. The first-order chi connectivity index (χ1) is 14.2. The number of aryl methyl sites for hydroxylation is 1. The SMILES string of the molecule is O=C(c1cccc(C#CC2CC2)c1)N1CCN(C(=O)c2n[nH]c3c2CCC3)CC1. The Morgan fingerprint density at radius 2 is 1.79 bits per heavy atom. The summed E-state index contributed by atoms with van der Waals surface area (Å²) in [4.78, 5) is 29.4. The van der Waals surface area contributed by atoms with Crippen molar-refractivity contribution in [1.82, 2.24) is 20.0 Å². The first kappa shape index (κ1) is 18.0. The molecular formula is C23H24N4O2. The van der Waals surface area contributed by atoms with E-state index in [1.807, 2.05) is 34.1 Å². The summed E-state index contributed by atoms with van der Waals surface area (Å²) in [5.41, 5.74) is 4.31. The summed E-state index contributed by atoms with van der Waals surface area (Å²) in [5.74, 6) is 6.94. The number of hydrogen-bond donors (Lipinski definition) is 1. The van der Waals surface area contributed by atoms with E-state index in [9.17, 15) is 9.59 Å². The summed E-state index contributed by atoms with van der Waals surface area (Å²) in [6.45, 7) is 2.14. The summed E-state index contributed by atoms with van der Waals surface area (Å²) in [6.07, 6.45) is 5.36. The Morgan fingerprint density at radius 1 is 1.03 bits per heavy atom. The quantitative estimate of drug-likeness (QED) is 0.803. The van der Waals surface area contributed by atoms with Gasteiger partial charge < -0.3 is 9.80 Å². The van der Waals surface area contributed by atoms with Crippen LogP contribution in [0, 0.1) is 17.8 Å². The number of benzene rings is 1. The second-order valence-electron chi connectivity index (χ2n) is 8.09. The topological polar surface area (TPSA) is 69.3 Å². The summed E-state index contributed by atoms with van der Waals surface area (Å²) in [6, 6.07) is 7.56. The fraction of sp³-hybridized carbons (Fsp3) is 0.435. The highest BCUT2D eigenvalue weighted by molar-refractivity contribution is 5.96. The first-order valence-electron chi connectivity index (χ1n) is 10.5. The van der Waals surface area contributed by atoms with Crippen molar-refractivity contribution >= 4 is 11.8 Å². The van der Waals surface area contributed by atoms with Gasteiger partial charge in [0.25, 0.3) is 11.8 Å². The molecule has 0 unspecified atom stereocenters. The number of fused-ring (bicyclic) bond motifs is 1. The molecule has 1 saturated carbocycles. The van der Waals surface area contributed by atoms with Gasteiger partial charge in [-0.25, -0.2) is 0 Å². The van der Waals surface area contributed by atoms with Crippen molar-refractivity contribution in [3.63, 3.8) is 0 Å². The maximum Gasteiger partial charge on any atom is 0.274 e. The maximum atomic E-state index is 12.9. The van der Waals surface area contributed by atoms with Gasteiger partial charge in [0.05, 0.1) is 0 Å². The van der Waals surface area contributed by atoms with Gasteiger partial charge in [0, 0.05) is 54.5 Å². The van der Waals surface area contributed by atoms with E-state index in [1.165, 1.54) is 12.8 Å². The molecule has 0 atom stereocenters. The third-order valence-electron chi connectivity index (χ3n) is 5.97. The van der Waals surface area contributed by atoms with E-state index in [2.05, 4.69) is 22.0 Å². The van der Waals surface area contributed by atoms with Crippen LogP contribution >= 0.6 is 0 Å². The van der Waals surface area contributed by atoms with Crippen LogP contribution in [-0.2, 0) is 12.8 Å². The van der Waals surface area contributed by atoms with Gasteiger partial charge in [0.1, 0.15) is 0 Å². The number of amides is 2. The molecule has 0 radical (unpaired) electrons. The standard InChI is InChI=1S/C23H24N4O2/c28-22(18-4-1-3-17(15-18)10-9-16-7-8-16)26-11-13-27(14-12-26)23(29)21-19-5-2-6-20(19)24-25-21/h1,3-4,15-16H,2,5-8,11-14H2,(H,24,25). The fourth-order valence-corrected chi connectivity index (χ4v) is 4.08. The molecule has 1 N–H and O–H groups in total. The van der Waals surface area contributed by atoms with E-state index in [0.29, 0.717) is 43.4 Å². The van der Waals surface area contributed by atoms with Crippen molar-refractivity contribution in [1.29, 1.82) is 0 Å². The molecule has 1 aromatic heterocycles. The highest BCUT2D eigenvalue weighted by Gasteiger charge is 2.30. The van der Waals surface area contributed by atoms with Gasteiger partial charge in [-0.1, -0.05) is 17.9 Å². The second kappa shape index (κ2) is 7.40. The van der Waals surface area contributed by atoms with Crippen molar-refractivity contribution in [3.05, 3.63) is 52.3 Å². The van der Waals surface area contributed by atoms with Gasteiger partial charge in [-0.3, -0.25) is 14.7 Å². The van der Waals surface area contributed by atoms with E-state index in [1.54, 1.807) is 0 Å². The smallest absolute Gasteiger partial charge is 0.274 e. The van der Waals surface area contributed by atoms with Gasteiger partial charge in [0.15, 0.2) is 5.69 Å². The van der Waals surface area contributed by atoms with Gasteiger partial charge >= 0.3 is 0 Å². The lowest BCUT2D eigenvalue weighted by atomic mass is 10.1. The maximum absolute atomic E-state index is 12.9. The Kier molecular flexibility index (Phi) is 4.59. The lowest BCUT2D eigenvalue weighted by molar-refractivity contribution is 0.0531. The van der Waals surface area contributed by atoms with Gasteiger partial charge in [-0.05, 0) is 50.3 Å². The molecule has 0 spiro atoms. The average molecular weight is 388 g/mol. The summed E-state index contributed by atoms with van der Waals surface area (Å²) in [5, 5.41) is 7.26. The highest BCUT2D eigenvalue weighted by Crippen LogP contribution is 2.27. The number of H-pyrrole nitrogens is 1. The molecule has 1 saturated heterocycles. The normalized spacial score (nSPS) is 18.2. The number of aromatic nitrogens is 2. The van der Waals surface area contributed by atoms with E-state index in [0.717, 1.165) is 36.1 Å². The number of aromatic amines is 1. The Labute approximate surface area is 170 Å². The van der Waals surface area contributed by atoms with E-state index >= 15 is 0 Å². The number of nitrogens with one attached hydrogen (secondary N) is 1. The van der Waals surface area contributed by atoms with Crippen molar-refractivity contribution in [3.8, 4) is 11.8 Å². The number of rotatable bonds is 2. The largest absolute Gasteiger partial charge is 0.335 e. The van der Waals surface area contributed by atoms with Crippen molar-refractivity contribution in [2.24, 2.45) is 5.92 Å². The predicted molar refractivity (Wildman–Crippen MR) is 108 cm³/mol. The number of carbonyl (C=O) groups is 2. The van der Waals surface area contributed by atoms with Crippen molar-refractivity contribution in [2.75, 3.05) is 26.2 Å². The third-order valence-corrected chi connectivity index (χ3v) is 5.97. The van der Waals surface area contributed by atoms with Gasteiger partial charge in [0.2, 0.25) is 0 Å². The molecule has 2 heterocycles. The van der Waals surface area contributed by atoms with E-state index in [-0.39, 0.29) is 11.8 Å². The Bertz CT molecular complexity index is 1020. The highest BCUT2D eigenvalue weighted by atomic mass is 16.2. The zero-order valence-electron chi connectivity index (χ0n) is 16.4.